The third-order valence-electron chi connectivity index (χ3n) is 4.85. The van der Waals surface area contributed by atoms with Crippen LogP contribution in [0.4, 0.5) is 0 Å². The number of carbonyl (C=O) groups is 2. The van der Waals surface area contributed by atoms with E-state index in [1.54, 1.807) is 12.0 Å². The monoisotopic (exact) mass is 331 g/mol. The molecule has 2 aliphatic heterocycles. The maximum atomic E-state index is 12.6. The molecule has 0 aromatic heterocycles. The van der Waals surface area contributed by atoms with Crippen LogP contribution in [-0.4, -0.2) is 60.4 Å². The summed E-state index contributed by atoms with van der Waals surface area (Å²) in [6.07, 6.45) is 0. The van der Waals surface area contributed by atoms with Crippen LogP contribution in [0, 0.1) is 5.92 Å². The largest absolute Gasteiger partial charge is 0.497 e. The summed E-state index contributed by atoms with van der Waals surface area (Å²) in [6, 6.07) is 7.19. The second-order valence-corrected chi connectivity index (χ2v) is 6.86. The lowest BCUT2D eigenvalue weighted by atomic mass is 9.96. The zero-order valence-corrected chi connectivity index (χ0v) is 14.5. The molecule has 0 unspecified atom stereocenters. The maximum absolute atomic E-state index is 12.6. The highest BCUT2D eigenvalue weighted by Crippen LogP contribution is 2.21. The van der Waals surface area contributed by atoms with Crippen molar-refractivity contribution in [1.29, 1.82) is 0 Å². The van der Waals surface area contributed by atoms with Crippen molar-refractivity contribution in [3.05, 3.63) is 29.8 Å². The van der Waals surface area contributed by atoms with Crippen molar-refractivity contribution in [2.24, 2.45) is 5.92 Å². The highest BCUT2D eigenvalue weighted by atomic mass is 16.5. The van der Waals surface area contributed by atoms with Gasteiger partial charge in [0.05, 0.1) is 7.11 Å². The van der Waals surface area contributed by atoms with E-state index in [0.717, 1.165) is 18.8 Å². The third-order valence-corrected chi connectivity index (χ3v) is 4.85. The second-order valence-electron chi connectivity index (χ2n) is 6.86. The van der Waals surface area contributed by atoms with Gasteiger partial charge in [-0.15, -0.1) is 0 Å². The molecule has 2 aliphatic rings. The fourth-order valence-electron chi connectivity index (χ4n) is 3.40. The lowest BCUT2D eigenvalue weighted by Gasteiger charge is -2.46. The molecule has 0 radical (unpaired) electrons. The molecule has 0 spiro atoms. The van der Waals surface area contributed by atoms with E-state index >= 15 is 0 Å². The van der Waals surface area contributed by atoms with Crippen molar-refractivity contribution in [2.75, 3.05) is 26.7 Å². The number of nitrogens with zero attached hydrogens (tertiary/aromatic N) is 2. The number of methoxy groups -OCH3 is 1. The number of benzene rings is 1. The van der Waals surface area contributed by atoms with E-state index in [-0.39, 0.29) is 29.8 Å². The first kappa shape index (κ1) is 16.8. The van der Waals surface area contributed by atoms with Gasteiger partial charge in [-0.2, -0.15) is 0 Å². The minimum atomic E-state index is -0.387. The number of rotatable bonds is 4. The van der Waals surface area contributed by atoms with Gasteiger partial charge in [-0.3, -0.25) is 14.5 Å². The van der Waals surface area contributed by atoms with E-state index in [1.807, 2.05) is 38.1 Å². The van der Waals surface area contributed by atoms with Crippen LogP contribution in [0.25, 0.3) is 0 Å². The molecule has 3 rings (SSSR count). The summed E-state index contributed by atoms with van der Waals surface area (Å²) in [5.41, 5.74) is 1.17. The quantitative estimate of drug-likeness (QED) is 0.889. The van der Waals surface area contributed by atoms with Crippen molar-refractivity contribution in [1.82, 2.24) is 15.1 Å². The highest BCUT2D eigenvalue weighted by Gasteiger charge is 2.44. The van der Waals surface area contributed by atoms with Gasteiger partial charge in [0.1, 0.15) is 17.8 Å². The standard InChI is InChI=1S/C18H25N3O3/c1-12(2)16-18(23)21-9-8-20(11-15(21)17(22)19-16)10-13-4-6-14(24-3)7-5-13/h4-7,12,15-16H,8-11H2,1-3H3,(H,19,22)/t15-,16-/m1/s1. The number of carbonyl (C=O) groups excluding carboxylic acids is 2. The Bertz CT molecular complexity index is 614. The van der Waals surface area contributed by atoms with E-state index in [4.69, 9.17) is 4.74 Å². The Hall–Kier alpha value is -2.08. The zero-order chi connectivity index (χ0) is 17.3. The Morgan fingerprint density at radius 2 is 1.92 bits per heavy atom. The summed E-state index contributed by atoms with van der Waals surface area (Å²) in [5, 5.41) is 2.89. The van der Waals surface area contributed by atoms with Gasteiger partial charge in [0, 0.05) is 26.2 Å². The van der Waals surface area contributed by atoms with Gasteiger partial charge in [0.25, 0.3) is 0 Å². The fraction of sp³-hybridized carbons (Fsp3) is 0.556. The Morgan fingerprint density at radius 1 is 1.21 bits per heavy atom. The summed E-state index contributed by atoms with van der Waals surface area (Å²) in [7, 11) is 1.65. The normalized spacial score (nSPS) is 24.8. The Labute approximate surface area is 142 Å². The lowest BCUT2D eigenvalue weighted by molar-refractivity contribution is -0.154. The van der Waals surface area contributed by atoms with Gasteiger partial charge in [0.15, 0.2) is 0 Å². The zero-order valence-electron chi connectivity index (χ0n) is 14.5. The number of ether oxygens (including phenoxy) is 1. The highest BCUT2D eigenvalue weighted by molar-refractivity contribution is 5.97. The van der Waals surface area contributed by atoms with E-state index in [1.165, 1.54) is 5.56 Å². The predicted molar refractivity (Wildman–Crippen MR) is 90.5 cm³/mol. The molecule has 1 aromatic rings. The van der Waals surface area contributed by atoms with E-state index in [0.29, 0.717) is 13.1 Å². The summed E-state index contributed by atoms with van der Waals surface area (Å²) in [4.78, 5) is 29.0. The molecule has 1 N–H and O–H groups in total. The topological polar surface area (TPSA) is 61.9 Å². The van der Waals surface area contributed by atoms with Gasteiger partial charge in [0.2, 0.25) is 11.8 Å². The Morgan fingerprint density at radius 3 is 2.54 bits per heavy atom. The van der Waals surface area contributed by atoms with Crippen LogP contribution in [0.3, 0.4) is 0 Å². The molecule has 0 saturated carbocycles. The molecule has 6 heteroatoms. The van der Waals surface area contributed by atoms with Gasteiger partial charge >= 0.3 is 0 Å². The van der Waals surface area contributed by atoms with E-state index in [9.17, 15) is 9.59 Å². The summed E-state index contributed by atoms with van der Waals surface area (Å²) in [5.74, 6) is 0.965. The van der Waals surface area contributed by atoms with Crippen molar-refractivity contribution in [2.45, 2.75) is 32.5 Å². The Kier molecular flexibility index (Phi) is 4.76. The molecule has 2 heterocycles. The lowest BCUT2D eigenvalue weighted by Crippen LogP contribution is -2.70. The van der Waals surface area contributed by atoms with Crippen LogP contribution in [0.15, 0.2) is 24.3 Å². The predicted octanol–water partition coefficient (Wildman–Crippen LogP) is 0.862. The first-order valence-corrected chi connectivity index (χ1v) is 8.45. The van der Waals surface area contributed by atoms with Gasteiger partial charge in [-0.25, -0.2) is 0 Å². The molecule has 2 amide bonds. The summed E-state index contributed by atoms with van der Waals surface area (Å²) in [6.45, 7) is 6.66. The van der Waals surface area contributed by atoms with E-state index in [2.05, 4.69) is 10.2 Å². The molecular weight excluding hydrogens is 306 g/mol. The SMILES string of the molecule is COc1ccc(CN2CCN3C(=O)[C@@H](C(C)C)NC(=O)[C@H]3C2)cc1. The maximum Gasteiger partial charge on any atom is 0.246 e. The molecule has 6 nitrogen and oxygen atoms in total. The molecule has 1 aromatic carbocycles. The van der Waals surface area contributed by atoms with E-state index < -0.39 is 0 Å². The molecule has 2 fully saturated rings. The minimum absolute atomic E-state index is 0.0345. The molecule has 130 valence electrons. The van der Waals surface area contributed by atoms with Crippen LogP contribution >= 0.6 is 0 Å². The molecule has 2 saturated heterocycles. The van der Waals surface area contributed by atoms with Crippen molar-refractivity contribution >= 4 is 11.8 Å². The van der Waals surface area contributed by atoms with Gasteiger partial charge < -0.3 is 15.0 Å². The van der Waals surface area contributed by atoms with Gasteiger partial charge in [-0.1, -0.05) is 26.0 Å². The average Bonchev–Trinajstić information content (AvgIpc) is 2.58. The Balaban J connectivity index is 1.65. The molecular formula is C18H25N3O3. The smallest absolute Gasteiger partial charge is 0.246 e. The van der Waals surface area contributed by atoms with Crippen molar-refractivity contribution in [3.8, 4) is 5.75 Å². The van der Waals surface area contributed by atoms with Crippen LogP contribution < -0.4 is 10.1 Å². The second kappa shape index (κ2) is 6.81. The van der Waals surface area contributed by atoms with Gasteiger partial charge in [-0.05, 0) is 23.6 Å². The summed E-state index contributed by atoms with van der Waals surface area (Å²) >= 11 is 0. The van der Waals surface area contributed by atoms with Crippen molar-refractivity contribution < 1.29 is 14.3 Å². The first-order chi connectivity index (χ1) is 11.5. The number of hydrogen-bond donors (Lipinski definition) is 1. The van der Waals surface area contributed by atoms with Crippen molar-refractivity contribution in [3.63, 3.8) is 0 Å². The first-order valence-electron chi connectivity index (χ1n) is 8.45. The van der Waals surface area contributed by atoms with Crippen LogP contribution in [-0.2, 0) is 16.1 Å². The number of hydrogen-bond acceptors (Lipinski definition) is 4. The summed E-state index contributed by atoms with van der Waals surface area (Å²) < 4.78 is 5.17. The fourth-order valence-corrected chi connectivity index (χ4v) is 3.40. The molecule has 2 atom stereocenters. The number of piperazine rings is 2. The van der Waals surface area contributed by atoms with Crippen LogP contribution in [0.5, 0.6) is 5.75 Å². The average molecular weight is 331 g/mol. The molecule has 24 heavy (non-hydrogen) atoms. The number of fused-ring (bicyclic) bond motifs is 1. The molecule has 0 bridgehead atoms. The number of nitrogens with one attached hydrogen (secondary N) is 1. The van der Waals surface area contributed by atoms with Crippen LogP contribution in [0.2, 0.25) is 0 Å². The van der Waals surface area contributed by atoms with Crippen LogP contribution in [0.1, 0.15) is 19.4 Å². The third kappa shape index (κ3) is 3.24. The number of amides is 2. The minimum Gasteiger partial charge on any atom is -0.497 e. The molecule has 0 aliphatic carbocycles.